The van der Waals surface area contributed by atoms with Crippen molar-refractivity contribution in [3.05, 3.63) is 35.9 Å². The molecule has 0 radical (unpaired) electrons. The molecule has 0 aliphatic rings. The Morgan fingerprint density at radius 1 is 1.08 bits per heavy atom. The maximum atomic E-state index is 12.5. The van der Waals surface area contributed by atoms with Gasteiger partial charge >= 0.3 is 0 Å². The third-order valence-electron chi connectivity index (χ3n) is 3.47. The number of carboxylic acid groups (broad SMARTS) is 1. The molecule has 0 saturated heterocycles. The lowest BCUT2D eigenvalue weighted by atomic mass is 10.0. The molecule has 1 aromatic rings. The van der Waals surface area contributed by atoms with Gasteiger partial charge in [-0.3, -0.25) is 9.59 Å². The molecule has 0 heterocycles. The normalized spacial score (nSPS) is 13.2. The second kappa shape index (κ2) is 9.67. The largest absolute Gasteiger partial charge is 0.548 e. The molecule has 5 N–H and O–H groups in total. The summed E-state index contributed by atoms with van der Waals surface area (Å²) in [6.07, 6.45) is 0.523. The molecule has 0 spiro atoms. The van der Waals surface area contributed by atoms with E-state index in [1.807, 2.05) is 44.2 Å². The highest BCUT2D eigenvalue weighted by atomic mass is 16.4. The molecule has 0 fully saturated rings. The SMILES string of the molecule is CC(C)C[C@H](NC(=O)[C@H](Cc1ccccc1)NC(=O)C[NH3+])C(=O)[O-]. The lowest BCUT2D eigenvalue weighted by Crippen LogP contribution is -2.61. The van der Waals surface area contributed by atoms with Crippen molar-refractivity contribution in [3.8, 4) is 0 Å². The van der Waals surface area contributed by atoms with Gasteiger partial charge in [-0.2, -0.15) is 0 Å². The molecule has 7 nitrogen and oxygen atoms in total. The van der Waals surface area contributed by atoms with Crippen LogP contribution in [0.5, 0.6) is 0 Å². The summed E-state index contributed by atoms with van der Waals surface area (Å²) in [6, 6.07) is 7.22. The maximum Gasteiger partial charge on any atom is 0.275 e. The Bertz CT molecular complexity index is 560. The summed E-state index contributed by atoms with van der Waals surface area (Å²) < 4.78 is 0. The molecule has 24 heavy (non-hydrogen) atoms. The minimum Gasteiger partial charge on any atom is -0.548 e. The van der Waals surface area contributed by atoms with Gasteiger partial charge in [-0.25, -0.2) is 0 Å². The topological polar surface area (TPSA) is 126 Å². The molecular weight excluding hydrogens is 310 g/mol. The lowest BCUT2D eigenvalue weighted by Gasteiger charge is -2.25. The molecule has 7 heteroatoms. The van der Waals surface area contributed by atoms with Crippen LogP contribution in [0.15, 0.2) is 30.3 Å². The number of carbonyl (C=O) groups excluding carboxylic acids is 3. The molecular formula is C17H25N3O4. The van der Waals surface area contributed by atoms with Gasteiger partial charge in [-0.15, -0.1) is 0 Å². The number of quaternary nitrogens is 1. The van der Waals surface area contributed by atoms with Gasteiger partial charge in [0.15, 0.2) is 6.54 Å². The van der Waals surface area contributed by atoms with Crippen LogP contribution in [0.2, 0.25) is 0 Å². The van der Waals surface area contributed by atoms with Gasteiger partial charge in [0, 0.05) is 6.42 Å². The van der Waals surface area contributed by atoms with Crippen molar-refractivity contribution in [1.82, 2.24) is 10.6 Å². The van der Waals surface area contributed by atoms with E-state index in [2.05, 4.69) is 16.4 Å². The first-order chi connectivity index (χ1) is 11.3. The zero-order valence-electron chi connectivity index (χ0n) is 14.1. The van der Waals surface area contributed by atoms with Crippen LogP contribution in [0.3, 0.4) is 0 Å². The van der Waals surface area contributed by atoms with Crippen molar-refractivity contribution in [2.24, 2.45) is 5.92 Å². The average Bonchev–Trinajstić information content (AvgIpc) is 2.53. The number of carboxylic acids is 1. The fraction of sp³-hybridized carbons (Fsp3) is 0.471. The number of hydrogen-bond acceptors (Lipinski definition) is 4. The van der Waals surface area contributed by atoms with Crippen molar-refractivity contribution in [1.29, 1.82) is 0 Å². The summed E-state index contributed by atoms with van der Waals surface area (Å²) >= 11 is 0. The summed E-state index contributed by atoms with van der Waals surface area (Å²) in [5.41, 5.74) is 4.34. The average molecular weight is 335 g/mol. The number of rotatable bonds is 9. The third-order valence-corrected chi connectivity index (χ3v) is 3.47. The van der Waals surface area contributed by atoms with Crippen LogP contribution in [-0.2, 0) is 20.8 Å². The number of nitrogens with one attached hydrogen (secondary N) is 2. The van der Waals surface area contributed by atoms with Crippen molar-refractivity contribution >= 4 is 17.8 Å². The van der Waals surface area contributed by atoms with Gasteiger partial charge in [0.2, 0.25) is 5.91 Å². The zero-order valence-corrected chi connectivity index (χ0v) is 14.1. The molecule has 2 amide bonds. The Balaban J connectivity index is 2.85. The first kappa shape index (κ1) is 19.6. The number of amides is 2. The van der Waals surface area contributed by atoms with Crippen LogP contribution >= 0.6 is 0 Å². The Kier molecular flexibility index (Phi) is 7.91. The van der Waals surface area contributed by atoms with E-state index in [1.54, 1.807) is 0 Å². The molecule has 0 aliphatic carbocycles. The fourth-order valence-electron chi connectivity index (χ4n) is 2.28. The van der Waals surface area contributed by atoms with Gasteiger partial charge < -0.3 is 26.3 Å². The minimum atomic E-state index is -1.33. The van der Waals surface area contributed by atoms with Crippen LogP contribution in [0.1, 0.15) is 25.8 Å². The fourth-order valence-corrected chi connectivity index (χ4v) is 2.28. The van der Waals surface area contributed by atoms with Crippen LogP contribution < -0.4 is 21.5 Å². The number of benzene rings is 1. The monoisotopic (exact) mass is 335 g/mol. The van der Waals surface area contributed by atoms with Gasteiger partial charge in [-0.05, 0) is 17.9 Å². The van der Waals surface area contributed by atoms with Gasteiger partial charge in [-0.1, -0.05) is 44.2 Å². The van der Waals surface area contributed by atoms with Crippen LogP contribution in [0.4, 0.5) is 0 Å². The first-order valence-corrected chi connectivity index (χ1v) is 7.97. The molecule has 132 valence electrons. The van der Waals surface area contributed by atoms with Crippen molar-refractivity contribution in [2.45, 2.75) is 38.8 Å². The Labute approximate surface area is 141 Å². The van der Waals surface area contributed by atoms with E-state index in [0.29, 0.717) is 0 Å². The van der Waals surface area contributed by atoms with Crippen LogP contribution in [0, 0.1) is 5.92 Å². The van der Waals surface area contributed by atoms with E-state index in [0.717, 1.165) is 5.56 Å². The van der Waals surface area contributed by atoms with Gasteiger partial charge in [0.1, 0.15) is 6.04 Å². The summed E-state index contributed by atoms with van der Waals surface area (Å²) in [5, 5.41) is 16.3. The second-order valence-electron chi connectivity index (χ2n) is 6.07. The Morgan fingerprint density at radius 2 is 1.71 bits per heavy atom. The summed E-state index contributed by atoms with van der Waals surface area (Å²) in [7, 11) is 0. The van der Waals surface area contributed by atoms with E-state index < -0.39 is 24.0 Å². The predicted octanol–water partition coefficient (Wildman–Crippen LogP) is -1.76. The van der Waals surface area contributed by atoms with E-state index >= 15 is 0 Å². The molecule has 0 unspecified atom stereocenters. The second-order valence-corrected chi connectivity index (χ2v) is 6.07. The highest BCUT2D eigenvalue weighted by molar-refractivity contribution is 5.90. The number of hydrogen-bond donors (Lipinski definition) is 3. The van der Waals surface area contributed by atoms with Crippen molar-refractivity contribution in [2.75, 3.05) is 6.54 Å². The predicted molar refractivity (Wildman–Crippen MR) is 86.2 cm³/mol. The Hall–Kier alpha value is -2.41. The smallest absolute Gasteiger partial charge is 0.275 e. The molecule has 2 atom stereocenters. The zero-order chi connectivity index (χ0) is 18.1. The quantitative estimate of drug-likeness (QED) is 0.494. The minimum absolute atomic E-state index is 0.00548. The highest BCUT2D eigenvalue weighted by Gasteiger charge is 2.24. The van der Waals surface area contributed by atoms with Crippen molar-refractivity contribution in [3.63, 3.8) is 0 Å². The first-order valence-electron chi connectivity index (χ1n) is 7.97. The molecule has 1 rings (SSSR count). The number of aliphatic carboxylic acids is 1. The van der Waals surface area contributed by atoms with E-state index in [4.69, 9.17) is 0 Å². The lowest BCUT2D eigenvalue weighted by molar-refractivity contribution is -0.355. The van der Waals surface area contributed by atoms with Gasteiger partial charge in [0.05, 0.1) is 12.0 Å². The molecule has 0 aromatic heterocycles. The molecule has 0 aliphatic heterocycles. The van der Waals surface area contributed by atoms with Crippen LogP contribution in [-0.4, -0.2) is 36.4 Å². The third kappa shape index (κ3) is 6.78. The number of carbonyl (C=O) groups is 3. The standard InChI is InChI=1S/C17H25N3O4/c1-11(2)8-14(17(23)24)20-16(22)13(19-15(21)10-18)9-12-6-4-3-5-7-12/h3-7,11,13-14H,8-10,18H2,1-2H3,(H,19,21)(H,20,22)(H,23,24)/t13-,14-/m0/s1. The molecule has 0 saturated carbocycles. The molecule has 0 bridgehead atoms. The summed E-state index contributed by atoms with van der Waals surface area (Å²) in [4.78, 5) is 35.3. The van der Waals surface area contributed by atoms with E-state index in [1.165, 1.54) is 0 Å². The Morgan fingerprint density at radius 3 is 2.21 bits per heavy atom. The van der Waals surface area contributed by atoms with Gasteiger partial charge in [0.25, 0.3) is 5.91 Å². The van der Waals surface area contributed by atoms with Crippen molar-refractivity contribution < 1.29 is 25.2 Å². The highest BCUT2D eigenvalue weighted by Crippen LogP contribution is 2.07. The van der Waals surface area contributed by atoms with E-state index in [9.17, 15) is 19.5 Å². The maximum absolute atomic E-state index is 12.5. The summed E-state index contributed by atoms with van der Waals surface area (Å²) in [6.45, 7) is 3.70. The molecule has 1 aromatic carbocycles. The summed E-state index contributed by atoms with van der Waals surface area (Å²) in [5.74, 6) is -2.18. The van der Waals surface area contributed by atoms with E-state index in [-0.39, 0.29) is 31.2 Å². The van der Waals surface area contributed by atoms with Crippen LogP contribution in [0.25, 0.3) is 0 Å².